The Bertz CT molecular complexity index is 579. The average Bonchev–Trinajstić information content (AvgIpc) is 2.35. The molecule has 0 aliphatic rings. The van der Waals surface area contributed by atoms with Crippen LogP contribution < -0.4 is 0 Å². The maximum absolute atomic E-state index is 10.5. The van der Waals surface area contributed by atoms with Crippen LogP contribution in [0.2, 0.25) is 0 Å². The summed E-state index contributed by atoms with van der Waals surface area (Å²) >= 11 is 6.89. The maximum Gasteiger partial charge on any atom is 0.104 e. The van der Waals surface area contributed by atoms with E-state index in [0.717, 1.165) is 25.6 Å². The van der Waals surface area contributed by atoms with Gasteiger partial charge in [-0.05, 0) is 80.1 Å². The summed E-state index contributed by atoms with van der Waals surface area (Å²) in [5.41, 5.74) is 4.19. The van der Waals surface area contributed by atoms with Crippen molar-refractivity contribution in [1.29, 1.82) is 0 Å². The van der Waals surface area contributed by atoms with Gasteiger partial charge in [0.05, 0.1) is 0 Å². The molecule has 1 atom stereocenters. The molecule has 0 aliphatic heterocycles. The molecular weight excluding hydrogens is 356 g/mol. The predicted octanol–water partition coefficient (Wildman–Crippen LogP) is 4.91. The first kappa shape index (κ1) is 13.8. The highest BCUT2D eigenvalue weighted by Crippen LogP contribution is 2.31. The number of hydrogen-bond acceptors (Lipinski definition) is 1. The van der Waals surface area contributed by atoms with Crippen molar-refractivity contribution in [3.63, 3.8) is 0 Å². The van der Waals surface area contributed by atoms with Gasteiger partial charge in [-0.15, -0.1) is 0 Å². The summed E-state index contributed by atoms with van der Waals surface area (Å²) in [6, 6.07) is 11.8. The third kappa shape index (κ3) is 2.68. The summed E-state index contributed by atoms with van der Waals surface area (Å²) in [6.07, 6.45) is -0.589. The zero-order valence-electron chi connectivity index (χ0n) is 10.2. The van der Waals surface area contributed by atoms with Gasteiger partial charge in [0.2, 0.25) is 0 Å². The van der Waals surface area contributed by atoms with E-state index >= 15 is 0 Å². The van der Waals surface area contributed by atoms with E-state index in [1.54, 1.807) is 0 Å². The minimum absolute atomic E-state index is 0.589. The van der Waals surface area contributed by atoms with E-state index in [1.165, 1.54) is 5.56 Å². The van der Waals surface area contributed by atoms with Crippen molar-refractivity contribution in [3.05, 3.63) is 67.6 Å². The summed E-state index contributed by atoms with van der Waals surface area (Å²) in [4.78, 5) is 0. The number of hydrogen-bond donors (Lipinski definition) is 1. The second kappa shape index (κ2) is 5.55. The molecule has 94 valence electrons. The van der Waals surface area contributed by atoms with Gasteiger partial charge >= 0.3 is 0 Å². The molecule has 18 heavy (non-hydrogen) atoms. The number of aliphatic hydroxyl groups excluding tert-OH is 1. The molecule has 2 aromatic rings. The standard InChI is InChI=1S/C15H14Br2O/c1-9-4-3-5-12(10(9)2)15(18)11-6-7-13(16)14(17)8-11/h3-8,15,18H,1-2H3. The smallest absolute Gasteiger partial charge is 0.104 e. The first-order chi connectivity index (χ1) is 8.50. The van der Waals surface area contributed by atoms with E-state index in [2.05, 4.69) is 44.8 Å². The van der Waals surface area contributed by atoms with Crippen LogP contribution >= 0.6 is 31.9 Å². The molecule has 1 unspecified atom stereocenters. The van der Waals surface area contributed by atoms with Crippen molar-refractivity contribution in [3.8, 4) is 0 Å². The molecule has 0 aromatic heterocycles. The van der Waals surface area contributed by atoms with Crippen LogP contribution in [0, 0.1) is 13.8 Å². The Morgan fingerprint density at radius 3 is 2.39 bits per heavy atom. The van der Waals surface area contributed by atoms with E-state index < -0.39 is 6.10 Å². The lowest BCUT2D eigenvalue weighted by Crippen LogP contribution is -2.03. The molecule has 0 aliphatic carbocycles. The zero-order valence-corrected chi connectivity index (χ0v) is 13.4. The lowest BCUT2D eigenvalue weighted by molar-refractivity contribution is 0.219. The van der Waals surface area contributed by atoms with E-state index in [4.69, 9.17) is 0 Å². The van der Waals surface area contributed by atoms with Crippen LogP contribution in [-0.4, -0.2) is 5.11 Å². The van der Waals surface area contributed by atoms with Crippen LogP contribution in [0.4, 0.5) is 0 Å². The third-order valence-corrected chi connectivity index (χ3v) is 5.08. The van der Waals surface area contributed by atoms with Crippen LogP contribution in [-0.2, 0) is 0 Å². The molecule has 0 radical (unpaired) electrons. The highest BCUT2D eigenvalue weighted by Gasteiger charge is 2.14. The van der Waals surface area contributed by atoms with Crippen molar-refractivity contribution in [2.24, 2.45) is 0 Å². The zero-order chi connectivity index (χ0) is 13.3. The lowest BCUT2D eigenvalue weighted by atomic mass is 9.95. The molecule has 3 heteroatoms. The van der Waals surface area contributed by atoms with Crippen molar-refractivity contribution in [2.45, 2.75) is 20.0 Å². The average molecular weight is 370 g/mol. The van der Waals surface area contributed by atoms with Gasteiger partial charge in [-0.25, -0.2) is 0 Å². The molecular formula is C15H14Br2O. The van der Waals surface area contributed by atoms with Crippen LogP contribution in [0.1, 0.15) is 28.4 Å². The Balaban J connectivity index is 2.44. The molecule has 0 bridgehead atoms. The quantitative estimate of drug-likeness (QED) is 0.797. The van der Waals surface area contributed by atoms with Gasteiger partial charge in [-0.1, -0.05) is 24.3 Å². The Hall–Kier alpha value is -0.640. The molecule has 0 saturated heterocycles. The molecule has 0 fully saturated rings. The van der Waals surface area contributed by atoms with Gasteiger partial charge in [0.1, 0.15) is 6.10 Å². The Kier molecular flexibility index (Phi) is 4.25. The van der Waals surface area contributed by atoms with Gasteiger partial charge < -0.3 is 5.11 Å². The summed E-state index contributed by atoms with van der Waals surface area (Å²) in [6.45, 7) is 4.10. The second-order valence-corrected chi connectivity index (χ2v) is 6.07. The van der Waals surface area contributed by atoms with Crippen molar-refractivity contribution < 1.29 is 5.11 Å². The first-order valence-electron chi connectivity index (χ1n) is 5.70. The summed E-state index contributed by atoms with van der Waals surface area (Å²) in [5, 5.41) is 10.5. The van der Waals surface area contributed by atoms with Crippen LogP contribution in [0.25, 0.3) is 0 Å². The summed E-state index contributed by atoms with van der Waals surface area (Å²) in [5.74, 6) is 0. The third-order valence-electron chi connectivity index (χ3n) is 3.20. The first-order valence-corrected chi connectivity index (χ1v) is 7.28. The van der Waals surface area contributed by atoms with Crippen molar-refractivity contribution in [1.82, 2.24) is 0 Å². The van der Waals surface area contributed by atoms with Gasteiger partial charge in [0.25, 0.3) is 0 Å². The fourth-order valence-corrected chi connectivity index (χ4v) is 2.58. The molecule has 1 N–H and O–H groups in total. The number of aryl methyl sites for hydroxylation is 1. The fraction of sp³-hybridized carbons (Fsp3) is 0.200. The Morgan fingerprint density at radius 1 is 1.00 bits per heavy atom. The minimum atomic E-state index is -0.589. The normalized spacial score (nSPS) is 12.5. The molecule has 0 heterocycles. The van der Waals surface area contributed by atoms with Crippen molar-refractivity contribution in [2.75, 3.05) is 0 Å². The highest BCUT2D eigenvalue weighted by molar-refractivity contribution is 9.13. The van der Waals surface area contributed by atoms with Gasteiger partial charge in [-0.2, -0.15) is 0 Å². The molecule has 0 amide bonds. The minimum Gasteiger partial charge on any atom is -0.384 e. The predicted molar refractivity (Wildman–Crippen MR) is 81.8 cm³/mol. The summed E-state index contributed by atoms with van der Waals surface area (Å²) in [7, 11) is 0. The van der Waals surface area contributed by atoms with Crippen molar-refractivity contribution >= 4 is 31.9 Å². The lowest BCUT2D eigenvalue weighted by Gasteiger charge is -2.16. The number of benzene rings is 2. The molecule has 2 rings (SSSR count). The highest BCUT2D eigenvalue weighted by atomic mass is 79.9. The monoisotopic (exact) mass is 368 g/mol. The van der Waals surface area contributed by atoms with Crippen LogP contribution in [0.3, 0.4) is 0 Å². The number of aliphatic hydroxyl groups is 1. The van der Waals surface area contributed by atoms with E-state index in [1.807, 2.05) is 37.3 Å². The van der Waals surface area contributed by atoms with E-state index in [9.17, 15) is 5.11 Å². The largest absolute Gasteiger partial charge is 0.384 e. The molecule has 0 spiro atoms. The SMILES string of the molecule is Cc1cccc(C(O)c2ccc(Br)c(Br)c2)c1C. The van der Waals surface area contributed by atoms with Gasteiger partial charge in [0, 0.05) is 8.95 Å². The van der Waals surface area contributed by atoms with Gasteiger partial charge in [-0.3, -0.25) is 0 Å². The molecule has 1 nitrogen and oxygen atoms in total. The number of rotatable bonds is 2. The van der Waals surface area contributed by atoms with Gasteiger partial charge in [0.15, 0.2) is 0 Å². The molecule has 0 saturated carbocycles. The Morgan fingerprint density at radius 2 is 1.72 bits per heavy atom. The van der Waals surface area contributed by atoms with E-state index in [0.29, 0.717) is 0 Å². The van der Waals surface area contributed by atoms with Crippen LogP contribution in [0.5, 0.6) is 0 Å². The Labute approximate surface area is 124 Å². The topological polar surface area (TPSA) is 20.2 Å². The maximum atomic E-state index is 10.5. The van der Waals surface area contributed by atoms with Crippen LogP contribution in [0.15, 0.2) is 45.3 Å². The number of halogens is 2. The van der Waals surface area contributed by atoms with E-state index in [-0.39, 0.29) is 0 Å². The summed E-state index contributed by atoms with van der Waals surface area (Å²) < 4.78 is 1.93. The second-order valence-electron chi connectivity index (χ2n) is 4.37. The fourth-order valence-electron chi connectivity index (χ4n) is 1.93. The molecule has 2 aromatic carbocycles.